The van der Waals surface area contributed by atoms with Crippen molar-refractivity contribution in [3.05, 3.63) is 54.2 Å². The molecule has 0 amide bonds. The van der Waals surface area contributed by atoms with E-state index in [-0.39, 0.29) is 0 Å². The minimum Gasteiger partial charge on any atom is -0.467 e. The standard InChI is InChI=1S/C13H13N5O/c1-10-7-11(14-8-12-3-2-6-19-12)4-5-13(10)18-9-15-16-17-18/h2-7,9,14H,8H2,1H3. The van der Waals surface area contributed by atoms with E-state index in [0.29, 0.717) is 6.54 Å². The number of hydrogen-bond donors (Lipinski definition) is 1. The van der Waals surface area contributed by atoms with E-state index in [1.807, 2.05) is 31.2 Å². The molecule has 0 aliphatic carbocycles. The van der Waals surface area contributed by atoms with Gasteiger partial charge < -0.3 is 9.73 Å². The number of hydrogen-bond acceptors (Lipinski definition) is 5. The van der Waals surface area contributed by atoms with E-state index >= 15 is 0 Å². The molecule has 6 heteroatoms. The average molecular weight is 255 g/mol. The number of aromatic nitrogens is 4. The van der Waals surface area contributed by atoms with Crippen LogP contribution in [0.2, 0.25) is 0 Å². The second kappa shape index (κ2) is 4.93. The number of benzene rings is 1. The van der Waals surface area contributed by atoms with Crippen LogP contribution in [0, 0.1) is 6.92 Å². The summed E-state index contributed by atoms with van der Waals surface area (Å²) in [6, 6.07) is 9.85. The molecule has 0 unspecified atom stereocenters. The molecule has 2 aromatic heterocycles. The van der Waals surface area contributed by atoms with Gasteiger partial charge in [0.1, 0.15) is 12.1 Å². The molecule has 0 spiro atoms. The third kappa shape index (κ3) is 2.47. The zero-order valence-corrected chi connectivity index (χ0v) is 10.4. The molecule has 0 fully saturated rings. The van der Waals surface area contributed by atoms with Crippen molar-refractivity contribution in [1.29, 1.82) is 0 Å². The van der Waals surface area contributed by atoms with E-state index in [0.717, 1.165) is 22.7 Å². The molecular formula is C13H13N5O. The van der Waals surface area contributed by atoms with Gasteiger partial charge >= 0.3 is 0 Å². The van der Waals surface area contributed by atoms with E-state index < -0.39 is 0 Å². The van der Waals surface area contributed by atoms with Crippen LogP contribution in [0.1, 0.15) is 11.3 Å². The molecule has 0 bridgehead atoms. The van der Waals surface area contributed by atoms with Gasteiger partial charge in [0.05, 0.1) is 18.5 Å². The average Bonchev–Trinajstić information content (AvgIpc) is 3.10. The van der Waals surface area contributed by atoms with Crippen LogP contribution in [0.25, 0.3) is 5.69 Å². The van der Waals surface area contributed by atoms with E-state index in [9.17, 15) is 0 Å². The maximum atomic E-state index is 5.27. The van der Waals surface area contributed by atoms with E-state index in [2.05, 4.69) is 26.9 Å². The summed E-state index contributed by atoms with van der Waals surface area (Å²) in [6.07, 6.45) is 3.25. The molecule has 0 radical (unpaired) electrons. The highest BCUT2D eigenvalue weighted by molar-refractivity contribution is 5.53. The van der Waals surface area contributed by atoms with Crippen LogP contribution in [0.15, 0.2) is 47.3 Å². The minimum atomic E-state index is 0.663. The first-order valence-corrected chi connectivity index (χ1v) is 5.93. The highest BCUT2D eigenvalue weighted by atomic mass is 16.3. The van der Waals surface area contributed by atoms with Crippen LogP contribution in [-0.4, -0.2) is 20.2 Å². The monoisotopic (exact) mass is 255 g/mol. The van der Waals surface area contributed by atoms with Gasteiger partial charge in [-0.25, -0.2) is 4.68 Å². The molecule has 1 aromatic carbocycles. The first-order valence-electron chi connectivity index (χ1n) is 5.93. The Morgan fingerprint density at radius 1 is 1.32 bits per heavy atom. The summed E-state index contributed by atoms with van der Waals surface area (Å²) >= 11 is 0. The molecule has 0 saturated carbocycles. The Labute approximate surface area is 110 Å². The summed E-state index contributed by atoms with van der Waals surface area (Å²) in [4.78, 5) is 0. The molecule has 0 aliphatic rings. The predicted molar refractivity (Wildman–Crippen MR) is 69.9 cm³/mol. The van der Waals surface area contributed by atoms with Crippen molar-refractivity contribution >= 4 is 5.69 Å². The molecule has 96 valence electrons. The van der Waals surface area contributed by atoms with Crippen LogP contribution in [-0.2, 0) is 6.54 Å². The van der Waals surface area contributed by atoms with Crippen LogP contribution < -0.4 is 5.32 Å². The first kappa shape index (κ1) is 11.5. The second-order valence-corrected chi connectivity index (χ2v) is 4.19. The topological polar surface area (TPSA) is 68.8 Å². The van der Waals surface area contributed by atoms with E-state index in [1.165, 1.54) is 0 Å². The Balaban J connectivity index is 1.76. The van der Waals surface area contributed by atoms with Crippen molar-refractivity contribution in [1.82, 2.24) is 20.2 Å². The van der Waals surface area contributed by atoms with E-state index in [1.54, 1.807) is 17.3 Å². The molecule has 0 aliphatic heterocycles. The van der Waals surface area contributed by atoms with Crippen molar-refractivity contribution in [3.8, 4) is 5.69 Å². The Kier molecular flexibility index (Phi) is 2.97. The Bertz CT molecular complexity index is 646. The summed E-state index contributed by atoms with van der Waals surface area (Å²) in [7, 11) is 0. The zero-order chi connectivity index (χ0) is 13.1. The predicted octanol–water partition coefficient (Wildman–Crippen LogP) is 2.18. The fraction of sp³-hybridized carbons (Fsp3) is 0.154. The van der Waals surface area contributed by atoms with Gasteiger partial charge in [-0.1, -0.05) is 0 Å². The van der Waals surface area contributed by atoms with Crippen molar-refractivity contribution in [2.24, 2.45) is 0 Å². The van der Waals surface area contributed by atoms with Gasteiger partial charge in [-0.3, -0.25) is 0 Å². The van der Waals surface area contributed by atoms with Crippen LogP contribution >= 0.6 is 0 Å². The van der Waals surface area contributed by atoms with Gasteiger partial charge in [0, 0.05) is 5.69 Å². The Hall–Kier alpha value is -2.63. The molecule has 1 N–H and O–H groups in total. The zero-order valence-electron chi connectivity index (χ0n) is 10.4. The maximum absolute atomic E-state index is 5.27. The molecule has 2 heterocycles. The molecule has 6 nitrogen and oxygen atoms in total. The third-order valence-corrected chi connectivity index (χ3v) is 2.84. The van der Waals surface area contributed by atoms with Crippen LogP contribution in [0.4, 0.5) is 5.69 Å². The summed E-state index contributed by atoms with van der Waals surface area (Å²) in [5.41, 5.74) is 3.09. The van der Waals surface area contributed by atoms with Crippen molar-refractivity contribution in [2.45, 2.75) is 13.5 Å². The SMILES string of the molecule is Cc1cc(NCc2ccco2)ccc1-n1cnnn1. The number of rotatable bonds is 4. The summed E-state index contributed by atoms with van der Waals surface area (Å²) < 4.78 is 6.92. The molecule has 3 rings (SSSR count). The van der Waals surface area contributed by atoms with Crippen molar-refractivity contribution in [3.63, 3.8) is 0 Å². The first-order chi connectivity index (χ1) is 9.33. The fourth-order valence-electron chi connectivity index (χ4n) is 1.90. The smallest absolute Gasteiger partial charge is 0.143 e. The number of nitrogens with zero attached hydrogens (tertiary/aromatic N) is 4. The lowest BCUT2D eigenvalue weighted by Crippen LogP contribution is -2.01. The van der Waals surface area contributed by atoms with E-state index in [4.69, 9.17) is 4.42 Å². The molecule has 3 aromatic rings. The lowest BCUT2D eigenvalue weighted by atomic mass is 10.2. The normalized spacial score (nSPS) is 10.6. The fourth-order valence-corrected chi connectivity index (χ4v) is 1.90. The lowest BCUT2D eigenvalue weighted by Gasteiger charge is -2.09. The number of tetrazole rings is 1. The highest BCUT2D eigenvalue weighted by Crippen LogP contribution is 2.18. The Morgan fingerprint density at radius 3 is 2.95 bits per heavy atom. The van der Waals surface area contributed by atoms with Gasteiger partial charge in [-0.15, -0.1) is 5.10 Å². The number of aryl methyl sites for hydroxylation is 1. The summed E-state index contributed by atoms with van der Waals surface area (Å²) in [5.74, 6) is 0.905. The van der Waals surface area contributed by atoms with Crippen molar-refractivity contribution < 1.29 is 4.42 Å². The lowest BCUT2D eigenvalue weighted by molar-refractivity contribution is 0.518. The van der Waals surface area contributed by atoms with Gasteiger partial charge in [-0.05, 0) is 53.2 Å². The third-order valence-electron chi connectivity index (χ3n) is 2.84. The number of anilines is 1. The van der Waals surface area contributed by atoms with Gasteiger partial charge in [-0.2, -0.15) is 0 Å². The number of furan rings is 1. The van der Waals surface area contributed by atoms with Gasteiger partial charge in [0.15, 0.2) is 0 Å². The summed E-state index contributed by atoms with van der Waals surface area (Å²) in [6.45, 7) is 2.69. The largest absolute Gasteiger partial charge is 0.467 e. The summed E-state index contributed by atoms with van der Waals surface area (Å²) in [5, 5.41) is 14.5. The highest BCUT2D eigenvalue weighted by Gasteiger charge is 2.04. The van der Waals surface area contributed by atoms with Crippen LogP contribution in [0.5, 0.6) is 0 Å². The quantitative estimate of drug-likeness (QED) is 0.773. The molecule has 0 atom stereocenters. The van der Waals surface area contributed by atoms with Gasteiger partial charge in [0.2, 0.25) is 0 Å². The van der Waals surface area contributed by atoms with Gasteiger partial charge in [0.25, 0.3) is 0 Å². The number of nitrogens with one attached hydrogen (secondary N) is 1. The second-order valence-electron chi connectivity index (χ2n) is 4.19. The Morgan fingerprint density at radius 2 is 2.26 bits per heavy atom. The van der Waals surface area contributed by atoms with Crippen molar-refractivity contribution in [2.75, 3.05) is 5.32 Å². The maximum Gasteiger partial charge on any atom is 0.143 e. The minimum absolute atomic E-state index is 0.663. The van der Waals surface area contributed by atoms with Crippen LogP contribution in [0.3, 0.4) is 0 Å². The molecular weight excluding hydrogens is 242 g/mol. The molecule has 19 heavy (non-hydrogen) atoms. The molecule has 0 saturated heterocycles.